The van der Waals surface area contributed by atoms with Gasteiger partial charge in [0, 0.05) is 23.3 Å². The van der Waals surface area contributed by atoms with Gasteiger partial charge in [0.1, 0.15) is 24.6 Å². The molecule has 0 atom stereocenters. The number of halogens is 1. The Morgan fingerprint density at radius 1 is 1.35 bits per heavy atom. The van der Waals surface area contributed by atoms with Crippen molar-refractivity contribution in [2.75, 3.05) is 18.0 Å². The highest BCUT2D eigenvalue weighted by Gasteiger charge is 2.10. The van der Waals surface area contributed by atoms with E-state index in [9.17, 15) is 0 Å². The van der Waals surface area contributed by atoms with Crippen LogP contribution in [0.2, 0.25) is 5.02 Å². The molecule has 2 heterocycles. The van der Waals surface area contributed by atoms with E-state index in [1.807, 2.05) is 42.9 Å². The summed E-state index contributed by atoms with van der Waals surface area (Å²) in [5.41, 5.74) is 1.73. The van der Waals surface area contributed by atoms with Gasteiger partial charge in [0.05, 0.1) is 18.6 Å². The molecule has 0 bridgehead atoms. The summed E-state index contributed by atoms with van der Waals surface area (Å²) in [6, 6.07) is 5.88. The number of aryl methyl sites for hydroxylation is 2. The van der Waals surface area contributed by atoms with Crippen molar-refractivity contribution < 1.29 is 4.57 Å². The molecule has 8 heteroatoms. The second-order valence-corrected chi connectivity index (χ2v) is 7.61. The Labute approximate surface area is 162 Å². The smallest absolute Gasteiger partial charge is 0.243 e. The molecule has 6 nitrogen and oxygen atoms in total. The number of thiazole rings is 1. The number of hydrogen-bond donors (Lipinski definition) is 0. The molecule has 0 radical (unpaired) electrons. The summed E-state index contributed by atoms with van der Waals surface area (Å²) in [5.74, 6) is 0. The fraction of sp³-hybridized carbons (Fsp3) is 0.333. The SMILES string of the molecule is CCN(CCn1cc[n+](C)c1)c1ccc(/N=N/c2ncc(C)s2)c(Cl)c1. The van der Waals surface area contributed by atoms with Crippen molar-refractivity contribution in [3.05, 3.63) is 53.0 Å². The van der Waals surface area contributed by atoms with Crippen LogP contribution in [0.5, 0.6) is 0 Å². The average Bonchev–Trinajstić information content (AvgIpc) is 3.23. The zero-order valence-corrected chi connectivity index (χ0v) is 16.7. The summed E-state index contributed by atoms with van der Waals surface area (Å²) < 4.78 is 4.21. The first-order valence-corrected chi connectivity index (χ1v) is 9.64. The first-order valence-electron chi connectivity index (χ1n) is 8.45. The number of imidazole rings is 1. The maximum absolute atomic E-state index is 6.42. The van der Waals surface area contributed by atoms with E-state index < -0.39 is 0 Å². The van der Waals surface area contributed by atoms with E-state index in [0.29, 0.717) is 15.8 Å². The molecule has 0 N–H and O–H groups in total. The molecule has 3 aromatic rings. The number of benzene rings is 1. The largest absolute Gasteiger partial charge is 0.368 e. The van der Waals surface area contributed by atoms with E-state index in [0.717, 1.165) is 30.2 Å². The lowest BCUT2D eigenvalue weighted by Gasteiger charge is -2.22. The lowest BCUT2D eigenvalue weighted by molar-refractivity contribution is -0.671. The van der Waals surface area contributed by atoms with Crippen LogP contribution in [-0.4, -0.2) is 22.6 Å². The Kier molecular flexibility index (Phi) is 6.00. The van der Waals surface area contributed by atoms with E-state index in [4.69, 9.17) is 11.6 Å². The standard InChI is InChI=1S/C18H22ClN6S/c1-4-25(10-9-24-8-7-23(3)13-24)15-5-6-17(16(19)11-15)21-22-18-20-12-14(2)26-18/h5-8,11-13H,4,9-10H2,1-3H3/q+1/b22-21+. The van der Waals surface area contributed by atoms with Crippen LogP contribution < -0.4 is 9.47 Å². The van der Waals surface area contributed by atoms with E-state index in [1.54, 1.807) is 6.20 Å². The summed E-state index contributed by atoms with van der Waals surface area (Å²) in [6.07, 6.45) is 7.97. The summed E-state index contributed by atoms with van der Waals surface area (Å²) in [4.78, 5) is 7.57. The van der Waals surface area contributed by atoms with Crippen LogP contribution in [0, 0.1) is 6.92 Å². The van der Waals surface area contributed by atoms with Gasteiger partial charge in [-0.05, 0) is 32.0 Å². The third kappa shape index (κ3) is 4.68. The monoisotopic (exact) mass is 389 g/mol. The summed E-state index contributed by atoms with van der Waals surface area (Å²) >= 11 is 7.92. The number of anilines is 1. The van der Waals surface area contributed by atoms with Gasteiger partial charge in [-0.1, -0.05) is 22.9 Å². The third-order valence-corrected chi connectivity index (χ3v) is 5.08. The maximum Gasteiger partial charge on any atom is 0.243 e. The Balaban J connectivity index is 1.69. The molecule has 0 saturated carbocycles. The quantitative estimate of drug-likeness (QED) is 0.435. The van der Waals surface area contributed by atoms with Gasteiger partial charge < -0.3 is 4.90 Å². The fourth-order valence-corrected chi connectivity index (χ4v) is 3.39. The van der Waals surface area contributed by atoms with E-state index in [2.05, 4.69) is 44.1 Å². The minimum Gasteiger partial charge on any atom is -0.368 e. The number of rotatable bonds is 7. The highest BCUT2D eigenvalue weighted by Crippen LogP contribution is 2.31. The van der Waals surface area contributed by atoms with Gasteiger partial charge in [-0.3, -0.25) is 0 Å². The summed E-state index contributed by atoms with van der Waals surface area (Å²) in [5, 5.41) is 9.61. The topological polar surface area (TPSA) is 49.7 Å². The van der Waals surface area contributed by atoms with Crippen LogP contribution in [0.4, 0.5) is 16.5 Å². The Bertz CT molecular complexity index is 901. The number of likely N-dealkylation sites (N-methyl/N-ethyl adjacent to an activating group) is 1. The number of azo groups is 1. The first kappa shape index (κ1) is 18.5. The van der Waals surface area contributed by atoms with Crippen molar-refractivity contribution in [3.8, 4) is 0 Å². The molecule has 0 fully saturated rings. The number of aromatic nitrogens is 3. The zero-order valence-electron chi connectivity index (χ0n) is 15.1. The van der Waals surface area contributed by atoms with Gasteiger partial charge in [0.25, 0.3) is 0 Å². The van der Waals surface area contributed by atoms with E-state index in [1.165, 1.54) is 11.3 Å². The molecular weight excluding hydrogens is 368 g/mol. The molecular formula is C18H22ClN6S+. The van der Waals surface area contributed by atoms with E-state index in [-0.39, 0.29) is 0 Å². The molecule has 0 spiro atoms. The molecule has 136 valence electrons. The number of nitrogens with zero attached hydrogens (tertiary/aromatic N) is 6. The second kappa shape index (κ2) is 8.42. The zero-order chi connectivity index (χ0) is 18.5. The van der Waals surface area contributed by atoms with Crippen LogP contribution in [-0.2, 0) is 13.6 Å². The molecule has 0 aliphatic rings. The van der Waals surface area contributed by atoms with Crippen LogP contribution in [0.1, 0.15) is 11.8 Å². The van der Waals surface area contributed by atoms with Gasteiger partial charge in [-0.2, -0.15) is 0 Å². The van der Waals surface area contributed by atoms with E-state index >= 15 is 0 Å². The lowest BCUT2D eigenvalue weighted by Crippen LogP contribution is -2.28. The minimum absolute atomic E-state index is 0.588. The van der Waals surface area contributed by atoms with Crippen molar-refractivity contribution in [2.24, 2.45) is 17.3 Å². The molecule has 0 aliphatic heterocycles. The van der Waals surface area contributed by atoms with Crippen LogP contribution >= 0.6 is 22.9 Å². The number of hydrogen-bond acceptors (Lipinski definition) is 5. The molecule has 0 unspecified atom stereocenters. The highest BCUT2D eigenvalue weighted by atomic mass is 35.5. The molecule has 2 aromatic heterocycles. The maximum atomic E-state index is 6.42. The molecule has 0 saturated heterocycles. The van der Waals surface area contributed by atoms with Gasteiger partial charge >= 0.3 is 0 Å². The average molecular weight is 390 g/mol. The highest BCUT2D eigenvalue weighted by molar-refractivity contribution is 7.15. The van der Waals surface area contributed by atoms with Crippen molar-refractivity contribution in [1.29, 1.82) is 0 Å². The minimum atomic E-state index is 0.588. The predicted molar refractivity (Wildman–Crippen MR) is 106 cm³/mol. The summed E-state index contributed by atoms with van der Waals surface area (Å²) in [6.45, 7) is 6.86. The van der Waals surface area contributed by atoms with Gasteiger partial charge in [-0.15, -0.1) is 10.2 Å². The molecule has 3 rings (SSSR count). The summed E-state index contributed by atoms with van der Waals surface area (Å²) in [7, 11) is 2.02. The third-order valence-electron chi connectivity index (χ3n) is 3.98. The Morgan fingerprint density at radius 3 is 2.81 bits per heavy atom. The molecule has 0 amide bonds. The first-order chi connectivity index (χ1) is 12.5. The Morgan fingerprint density at radius 2 is 2.19 bits per heavy atom. The van der Waals surface area contributed by atoms with Gasteiger partial charge in [0.15, 0.2) is 0 Å². The molecule has 0 aliphatic carbocycles. The van der Waals surface area contributed by atoms with Crippen LogP contribution in [0.15, 0.2) is 53.3 Å². The predicted octanol–water partition coefficient (Wildman–Crippen LogP) is 4.67. The molecule has 1 aromatic carbocycles. The second-order valence-electron chi connectivity index (χ2n) is 5.99. The lowest BCUT2D eigenvalue weighted by atomic mass is 10.2. The normalized spacial score (nSPS) is 11.4. The van der Waals surface area contributed by atoms with Crippen molar-refractivity contribution in [2.45, 2.75) is 20.4 Å². The van der Waals surface area contributed by atoms with Crippen molar-refractivity contribution in [3.63, 3.8) is 0 Å². The Hall–Kier alpha value is -2.25. The van der Waals surface area contributed by atoms with Crippen LogP contribution in [0.3, 0.4) is 0 Å². The van der Waals surface area contributed by atoms with Gasteiger partial charge in [0.2, 0.25) is 11.5 Å². The molecule has 26 heavy (non-hydrogen) atoms. The van der Waals surface area contributed by atoms with Crippen molar-refractivity contribution in [1.82, 2.24) is 9.55 Å². The van der Waals surface area contributed by atoms with Crippen LogP contribution in [0.25, 0.3) is 0 Å². The van der Waals surface area contributed by atoms with Gasteiger partial charge in [-0.25, -0.2) is 14.1 Å². The van der Waals surface area contributed by atoms with Crippen molar-refractivity contribution >= 4 is 39.4 Å². The fourth-order valence-electron chi connectivity index (χ4n) is 2.60.